The second-order valence-electron chi connectivity index (χ2n) is 6.11. The van der Waals surface area contributed by atoms with Crippen molar-refractivity contribution in [1.29, 1.82) is 0 Å². The van der Waals surface area contributed by atoms with Crippen LogP contribution in [0.5, 0.6) is 0 Å². The average molecular weight is 327 g/mol. The first-order valence-electron chi connectivity index (χ1n) is 8.21. The Balaban J connectivity index is 1.63. The summed E-state index contributed by atoms with van der Waals surface area (Å²) in [4.78, 5) is 16.7. The molecule has 0 N–H and O–H groups in total. The van der Waals surface area contributed by atoms with Crippen molar-refractivity contribution in [2.45, 2.75) is 13.5 Å². The lowest BCUT2D eigenvalue weighted by atomic mass is 10.0. The third-order valence-corrected chi connectivity index (χ3v) is 4.31. The van der Waals surface area contributed by atoms with Crippen LogP contribution < -0.4 is 0 Å². The largest absolute Gasteiger partial charge is 0.457 e. The molecule has 4 rings (SSSR count). The molecule has 0 amide bonds. The molecule has 3 heteroatoms. The van der Waals surface area contributed by atoms with Crippen LogP contribution in [0.2, 0.25) is 0 Å². The number of ether oxygens (including phenoxy) is 1. The molecule has 3 nitrogen and oxygen atoms in total. The molecule has 3 aromatic carbocycles. The first-order valence-corrected chi connectivity index (χ1v) is 8.21. The van der Waals surface area contributed by atoms with Crippen LogP contribution in [-0.2, 0) is 11.3 Å². The van der Waals surface area contributed by atoms with Gasteiger partial charge in [0.25, 0.3) is 0 Å². The van der Waals surface area contributed by atoms with E-state index in [2.05, 4.69) is 17.1 Å². The van der Waals surface area contributed by atoms with Crippen LogP contribution in [0.1, 0.15) is 21.6 Å². The van der Waals surface area contributed by atoms with Gasteiger partial charge in [-0.15, -0.1) is 0 Å². The molecule has 25 heavy (non-hydrogen) atoms. The maximum absolute atomic E-state index is 12.3. The van der Waals surface area contributed by atoms with Gasteiger partial charge in [-0.1, -0.05) is 48.5 Å². The monoisotopic (exact) mass is 327 g/mol. The Morgan fingerprint density at radius 1 is 0.920 bits per heavy atom. The third kappa shape index (κ3) is 3.09. The van der Waals surface area contributed by atoms with Crippen molar-refractivity contribution in [3.8, 4) is 0 Å². The van der Waals surface area contributed by atoms with E-state index in [9.17, 15) is 4.79 Å². The minimum atomic E-state index is -0.312. The van der Waals surface area contributed by atoms with Crippen LogP contribution in [-0.4, -0.2) is 11.0 Å². The minimum absolute atomic E-state index is 0.276. The van der Waals surface area contributed by atoms with Gasteiger partial charge in [-0.25, -0.2) is 4.79 Å². The van der Waals surface area contributed by atoms with Crippen LogP contribution in [0.3, 0.4) is 0 Å². The smallest absolute Gasteiger partial charge is 0.338 e. The number of carbonyl (C=O) groups excluding carboxylic acids is 1. The second-order valence-corrected chi connectivity index (χ2v) is 6.11. The van der Waals surface area contributed by atoms with E-state index in [0.717, 1.165) is 32.8 Å². The number of fused-ring (bicyclic) bond motifs is 3. The molecule has 0 aliphatic rings. The van der Waals surface area contributed by atoms with E-state index >= 15 is 0 Å². The lowest BCUT2D eigenvalue weighted by molar-refractivity contribution is 0.0473. The molecule has 0 aliphatic heterocycles. The molecule has 0 saturated heterocycles. The Morgan fingerprint density at radius 2 is 1.68 bits per heavy atom. The lowest BCUT2D eigenvalue weighted by Crippen LogP contribution is -2.05. The maximum atomic E-state index is 12.3. The Morgan fingerprint density at radius 3 is 2.48 bits per heavy atom. The maximum Gasteiger partial charge on any atom is 0.338 e. The summed E-state index contributed by atoms with van der Waals surface area (Å²) < 4.78 is 5.41. The number of nitrogens with zero attached hydrogens (tertiary/aromatic N) is 1. The van der Waals surface area contributed by atoms with Gasteiger partial charge >= 0.3 is 5.97 Å². The molecular formula is C22H17NO2. The summed E-state index contributed by atoms with van der Waals surface area (Å²) >= 11 is 0. The number of esters is 1. The summed E-state index contributed by atoms with van der Waals surface area (Å²) in [5.74, 6) is -0.312. The Labute approximate surface area is 145 Å². The average Bonchev–Trinajstić information content (AvgIpc) is 2.66. The van der Waals surface area contributed by atoms with Crippen molar-refractivity contribution in [2.75, 3.05) is 0 Å². The highest BCUT2D eigenvalue weighted by Crippen LogP contribution is 2.26. The van der Waals surface area contributed by atoms with E-state index in [1.165, 1.54) is 0 Å². The van der Waals surface area contributed by atoms with Crippen molar-refractivity contribution >= 4 is 27.5 Å². The van der Waals surface area contributed by atoms with E-state index in [-0.39, 0.29) is 12.6 Å². The molecule has 0 bridgehead atoms. The van der Waals surface area contributed by atoms with Crippen molar-refractivity contribution < 1.29 is 9.53 Å². The van der Waals surface area contributed by atoms with Crippen LogP contribution in [0.4, 0.5) is 0 Å². The third-order valence-electron chi connectivity index (χ3n) is 4.31. The molecule has 0 spiro atoms. The van der Waals surface area contributed by atoms with Gasteiger partial charge in [-0.2, -0.15) is 0 Å². The van der Waals surface area contributed by atoms with E-state index in [0.29, 0.717) is 5.56 Å². The molecule has 0 atom stereocenters. The first kappa shape index (κ1) is 15.3. The fourth-order valence-electron chi connectivity index (χ4n) is 3.00. The molecule has 122 valence electrons. The highest BCUT2D eigenvalue weighted by atomic mass is 16.5. The second kappa shape index (κ2) is 6.36. The summed E-state index contributed by atoms with van der Waals surface area (Å²) in [6, 6.07) is 21.5. The lowest BCUT2D eigenvalue weighted by Gasteiger charge is -2.08. The first-order chi connectivity index (χ1) is 12.2. The fraction of sp³-hybridized carbons (Fsp3) is 0.0909. The molecular weight excluding hydrogens is 310 g/mol. The topological polar surface area (TPSA) is 39.2 Å². The molecule has 4 aromatic rings. The number of aryl methyl sites for hydroxylation is 1. The van der Waals surface area contributed by atoms with Gasteiger partial charge in [0.05, 0.1) is 5.56 Å². The van der Waals surface area contributed by atoms with Gasteiger partial charge < -0.3 is 4.74 Å². The van der Waals surface area contributed by atoms with Crippen LogP contribution in [0, 0.1) is 6.92 Å². The molecule has 1 aromatic heterocycles. The summed E-state index contributed by atoms with van der Waals surface area (Å²) in [5, 5.41) is 4.34. The number of hydrogen-bond acceptors (Lipinski definition) is 3. The van der Waals surface area contributed by atoms with Crippen molar-refractivity contribution in [3.63, 3.8) is 0 Å². The van der Waals surface area contributed by atoms with E-state index in [1.807, 2.05) is 67.7 Å². The summed E-state index contributed by atoms with van der Waals surface area (Å²) in [6.45, 7) is 2.26. The minimum Gasteiger partial charge on any atom is -0.457 e. The normalized spacial score (nSPS) is 10.9. The fourth-order valence-corrected chi connectivity index (χ4v) is 3.00. The standard InChI is InChI=1S/C22H17NO2/c1-15-11-17-7-8-18-12-19(9-10-20(18)21(17)13-23-15)22(24)25-14-16-5-3-2-4-6-16/h2-13H,14H2,1H3. The van der Waals surface area contributed by atoms with E-state index in [4.69, 9.17) is 4.74 Å². The molecule has 0 radical (unpaired) electrons. The van der Waals surface area contributed by atoms with Crippen molar-refractivity contribution in [2.24, 2.45) is 0 Å². The van der Waals surface area contributed by atoms with Crippen LogP contribution in [0.25, 0.3) is 21.5 Å². The molecule has 0 unspecified atom stereocenters. The highest BCUT2D eigenvalue weighted by Gasteiger charge is 2.10. The van der Waals surface area contributed by atoms with E-state index < -0.39 is 0 Å². The Bertz CT molecular complexity index is 1070. The quantitative estimate of drug-likeness (QED) is 0.390. The predicted octanol–water partition coefficient (Wildman–Crippen LogP) is 5.05. The van der Waals surface area contributed by atoms with Gasteiger partial charge in [0.1, 0.15) is 6.61 Å². The van der Waals surface area contributed by atoms with Gasteiger partial charge in [-0.05, 0) is 46.8 Å². The Kier molecular flexibility index (Phi) is 3.90. The molecule has 1 heterocycles. The summed E-state index contributed by atoms with van der Waals surface area (Å²) in [5.41, 5.74) is 2.53. The van der Waals surface area contributed by atoms with E-state index in [1.54, 1.807) is 0 Å². The number of carbonyl (C=O) groups is 1. The number of hydrogen-bond donors (Lipinski definition) is 0. The van der Waals surface area contributed by atoms with Crippen molar-refractivity contribution in [3.05, 3.63) is 89.7 Å². The molecule has 0 fully saturated rings. The molecule has 0 aliphatic carbocycles. The van der Waals surface area contributed by atoms with Gasteiger partial charge in [0.15, 0.2) is 0 Å². The molecule has 0 saturated carbocycles. The van der Waals surface area contributed by atoms with Crippen LogP contribution in [0.15, 0.2) is 72.9 Å². The highest BCUT2D eigenvalue weighted by molar-refractivity contribution is 6.08. The number of pyridine rings is 1. The summed E-state index contributed by atoms with van der Waals surface area (Å²) in [7, 11) is 0. The number of rotatable bonds is 3. The van der Waals surface area contributed by atoms with Gasteiger partial charge in [0, 0.05) is 17.3 Å². The van der Waals surface area contributed by atoms with Gasteiger partial charge in [0.2, 0.25) is 0 Å². The zero-order valence-electron chi connectivity index (χ0n) is 13.9. The number of benzene rings is 3. The number of aromatic nitrogens is 1. The van der Waals surface area contributed by atoms with Crippen molar-refractivity contribution in [1.82, 2.24) is 4.98 Å². The zero-order chi connectivity index (χ0) is 17.2. The van der Waals surface area contributed by atoms with Crippen LogP contribution >= 0.6 is 0 Å². The van der Waals surface area contributed by atoms with Gasteiger partial charge in [-0.3, -0.25) is 4.98 Å². The Hall–Kier alpha value is -3.20. The SMILES string of the molecule is Cc1cc2ccc3cc(C(=O)OCc4ccccc4)ccc3c2cn1. The zero-order valence-corrected chi connectivity index (χ0v) is 13.9. The summed E-state index contributed by atoms with van der Waals surface area (Å²) in [6.07, 6.45) is 1.89. The predicted molar refractivity (Wildman–Crippen MR) is 99.5 cm³/mol.